The number of nitrogens with one attached hydrogen (secondary N) is 1. The molecule has 1 unspecified atom stereocenters. The Labute approximate surface area is 160 Å². The summed E-state index contributed by atoms with van der Waals surface area (Å²) in [5, 5.41) is 2.85. The van der Waals surface area contributed by atoms with Gasteiger partial charge in [0.25, 0.3) is 0 Å². The maximum absolute atomic E-state index is 12.1. The molecule has 1 heterocycles. The first-order chi connectivity index (χ1) is 11.9. The number of halogens is 1. The Bertz CT molecular complexity index is 705. The lowest BCUT2D eigenvalue weighted by Gasteiger charge is -2.22. The SMILES string of the molecule is CCCC(C)(N)C(=O)NCc1ccc(Oc2cccc(OC)c2)nc1.Cl. The second kappa shape index (κ2) is 9.99. The van der Waals surface area contributed by atoms with Crippen molar-refractivity contribution in [1.82, 2.24) is 10.3 Å². The monoisotopic (exact) mass is 379 g/mol. The van der Waals surface area contributed by atoms with Crippen molar-refractivity contribution in [2.75, 3.05) is 7.11 Å². The Hall–Kier alpha value is -2.31. The molecule has 0 radical (unpaired) electrons. The van der Waals surface area contributed by atoms with E-state index in [2.05, 4.69) is 10.3 Å². The first-order valence-corrected chi connectivity index (χ1v) is 8.28. The molecular weight excluding hydrogens is 354 g/mol. The van der Waals surface area contributed by atoms with E-state index in [9.17, 15) is 4.79 Å². The fourth-order valence-electron chi connectivity index (χ4n) is 2.38. The van der Waals surface area contributed by atoms with Crippen molar-refractivity contribution in [3.8, 4) is 17.4 Å². The van der Waals surface area contributed by atoms with Crippen LogP contribution in [-0.4, -0.2) is 23.5 Å². The van der Waals surface area contributed by atoms with Crippen molar-refractivity contribution in [2.24, 2.45) is 5.73 Å². The smallest absolute Gasteiger partial charge is 0.240 e. The standard InChI is InChI=1S/C19H25N3O3.ClH/c1-4-10-19(2,20)18(23)22-13-14-8-9-17(21-12-14)25-16-7-5-6-15(11-16)24-3;/h5-9,11-12H,4,10,13,20H2,1-3H3,(H,22,23);1H. The Balaban J connectivity index is 0.00000338. The molecule has 2 aromatic rings. The van der Waals surface area contributed by atoms with Crippen LogP contribution < -0.4 is 20.5 Å². The van der Waals surface area contributed by atoms with Crippen LogP contribution in [0.2, 0.25) is 0 Å². The van der Waals surface area contributed by atoms with Crippen molar-refractivity contribution >= 4 is 18.3 Å². The van der Waals surface area contributed by atoms with Crippen LogP contribution in [0.1, 0.15) is 32.3 Å². The minimum Gasteiger partial charge on any atom is -0.497 e. The van der Waals surface area contributed by atoms with Crippen molar-refractivity contribution in [2.45, 2.75) is 38.8 Å². The molecule has 2 rings (SSSR count). The zero-order valence-electron chi connectivity index (χ0n) is 15.3. The molecule has 0 aliphatic rings. The van der Waals surface area contributed by atoms with Gasteiger partial charge in [0.1, 0.15) is 11.5 Å². The lowest BCUT2D eigenvalue weighted by atomic mass is 9.96. The number of ether oxygens (including phenoxy) is 2. The van der Waals surface area contributed by atoms with Gasteiger partial charge in [0.2, 0.25) is 11.8 Å². The molecule has 26 heavy (non-hydrogen) atoms. The summed E-state index contributed by atoms with van der Waals surface area (Å²) >= 11 is 0. The summed E-state index contributed by atoms with van der Waals surface area (Å²) in [4.78, 5) is 16.4. The number of carbonyl (C=O) groups is 1. The van der Waals surface area contributed by atoms with Gasteiger partial charge < -0.3 is 20.5 Å². The van der Waals surface area contributed by atoms with E-state index >= 15 is 0 Å². The van der Waals surface area contributed by atoms with Gasteiger partial charge in [-0.3, -0.25) is 4.79 Å². The van der Waals surface area contributed by atoms with Crippen LogP contribution >= 0.6 is 12.4 Å². The molecule has 0 aliphatic carbocycles. The zero-order chi connectivity index (χ0) is 18.3. The predicted molar refractivity (Wildman–Crippen MR) is 104 cm³/mol. The van der Waals surface area contributed by atoms with Gasteiger partial charge in [0.05, 0.1) is 12.6 Å². The van der Waals surface area contributed by atoms with E-state index in [1.807, 2.05) is 31.2 Å². The van der Waals surface area contributed by atoms with E-state index < -0.39 is 5.54 Å². The molecule has 0 spiro atoms. The van der Waals surface area contributed by atoms with Crippen LogP contribution in [0.15, 0.2) is 42.6 Å². The second-order valence-electron chi connectivity index (χ2n) is 6.14. The van der Waals surface area contributed by atoms with Gasteiger partial charge in [-0.25, -0.2) is 4.98 Å². The molecule has 0 bridgehead atoms. The van der Waals surface area contributed by atoms with E-state index in [1.165, 1.54) is 0 Å². The largest absolute Gasteiger partial charge is 0.497 e. The third-order valence-electron chi connectivity index (χ3n) is 3.80. The van der Waals surface area contributed by atoms with Crippen LogP contribution in [0.25, 0.3) is 0 Å². The number of benzene rings is 1. The van der Waals surface area contributed by atoms with E-state index in [-0.39, 0.29) is 18.3 Å². The van der Waals surface area contributed by atoms with Crippen LogP contribution in [-0.2, 0) is 11.3 Å². The summed E-state index contributed by atoms with van der Waals surface area (Å²) < 4.78 is 10.8. The third-order valence-corrected chi connectivity index (χ3v) is 3.80. The van der Waals surface area contributed by atoms with Crippen LogP contribution in [0.3, 0.4) is 0 Å². The number of methoxy groups -OCH3 is 1. The van der Waals surface area contributed by atoms with E-state index in [4.69, 9.17) is 15.2 Å². The summed E-state index contributed by atoms with van der Waals surface area (Å²) in [5.74, 6) is 1.67. The summed E-state index contributed by atoms with van der Waals surface area (Å²) in [7, 11) is 1.60. The first kappa shape index (κ1) is 21.7. The summed E-state index contributed by atoms with van der Waals surface area (Å²) in [6, 6.07) is 10.9. The highest BCUT2D eigenvalue weighted by molar-refractivity contribution is 5.85. The third kappa shape index (κ3) is 6.20. The molecule has 0 saturated carbocycles. The van der Waals surface area contributed by atoms with Gasteiger partial charge in [0, 0.05) is 24.9 Å². The van der Waals surface area contributed by atoms with E-state index in [1.54, 1.807) is 32.4 Å². The minimum absolute atomic E-state index is 0. The number of aromatic nitrogens is 1. The van der Waals surface area contributed by atoms with Crippen LogP contribution in [0.4, 0.5) is 0 Å². The zero-order valence-corrected chi connectivity index (χ0v) is 16.1. The van der Waals surface area contributed by atoms with E-state index in [0.717, 1.165) is 12.0 Å². The lowest BCUT2D eigenvalue weighted by Crippen LogP contribution is -2.51. The molecule has 1 aromatic heterocycles. The van der Waals surface area contributed by atoms with Gasteiger partial charge in [-0.05, 0) is 31.0 Å². The number of hydrogen-bond donors (Lipinski definition) is 2. The highest BCUT2D eigenvalue weighted by atomic mass is 35.5. The quantitative estimate of drug-likeness (QED) is 0.733. The van der Waals surface area contributed by atoms with Crippen molar-refractivity contribution < 1.29 is 14.3 Å². The number of pyridine rings is 1. The number of carbonyl (C=O) groups excluding carboxylic acids is 1. The highest BCUT2D eigenvalue weighted by Gasteiger charge is 2.26. The lowest BCUT2D eigenvalue weighted by molar-refractivity contribution is -0.126. The summed E-state index contributed by atoms with van der Waals surface area (Å²) in [5.41, 5.74) is 6.03. The second-order valence-corrected chi connectivity index (χ2v) is 6.14. The number of nitrogens with two attached hydrogens (primary N) is 1. The van der Waals surface area contributed by atoms with Gasteiger partial charge >= 0.3 is 0 Å². The molecule has 1 aromatic carbocycles. The Morgan fingerprint density at radius 3 is 2.62 bits per heavy atom. The van der Waals surface area contributed by atoms with Gasteiger partial charge in [-0.15, -0.1) is 12.4 Å². The average Bonchev–Trinajstić information content (AvgIpc) is 2.61. The number of hydrogen-bond acceptors (Lipinski definition) is 5. The van der Waals surface area contributed by atoms with Crippen molar-refractivity contribution in [3.05, 3.63) is 48.2 Å². The summed E-state index contributed by atoms with van der Waals surface area (Å²) in [6.45, 7) is 4.13. The maximum Gasteiger partial charge on any atom is 0.240 e. The number of rotatable bonds is 8. The molecule has 3 N–H and O–H groups in total. The molecule has 7 heteroatoms. The molecule has 1 atom stereocenters. The fourth-order valence-corrected chi connectivity index (χ4v) is 2.38. The van der Waals surface area contributed by atoms with Crippen molar-refractivity contribution in [1.29, 1.82) is 0 Å². The molecule has 6 nitrogen and oxygen atoms in total. The maximum atomic E-state index is 12.1. The molecule has 0 fully saturated rings. The normalized spacial score (nSPS) is 12.5. The number of amides is 1. The van der Waals surface area contributed by atoms with Crippen LogP contribution in [0, 0.1) is 0 Å². The Kier molecular flexibility index (Phi) is 8.35. The van der Waals surface area contributed by atoms with Gasteiger partial charge in [-0.2, -0.15) is 0 Å². The first-order valence-electron chi connectivity index (χ1n) is 8.28. The Morgan fingerprint density at radius 2 is 2.00 bits per heavy atom. The molecule has 1 amide bonds. The minimum atomic E-state index is -0.850. The van der Waals surface area contributed by atoms with Gasteiger partial charge in [-0.1, -0.05) is 25.5 Å². The van der Waals surface area contributed by atoms with Gasteiger partial charge in [0.15, 0.2) is 0 Å². The average molecular weight is 380 g/mol. The molecule has 0 saturated heterocycles. The Morgan fingerprint density at radius 1 is 1.27 bits per heavy atom. The van der Waals surface area contributed by atoms with Crippen molar-refractivity contribution in [3.63, 3.8) is 0 Å². The number of nitrogens with zero attached hydrogens (tertiary/aromatic N) is 1. The predicted octanol–water partition coefficient (Wildman–Crippen LogP) is 3.44. The molecule has 142 valence electrons. The molecule has 0 aliphatic heterocycles. The fraction of sp³-hybridized carbons (Fsp3) is 0.368. The van der Waals surface area contributed by atoms with Crippen LogP contribution in [0.5, 0.6) is 17.4 Å². The molecular formula is C19H26ClN3O3. The van der Waals surface area contributed by atoms with E-state index in [0.29, 0.717) is 30.3 Å². The topological polar surface area (TPSA) is 86.5 Å². The highest BCUT2D eigenvalue weighted by Crippen LogP contribution is 2.23. The summed E-state index contributed by atoms with van der Waals surface area (Å²) in [6.07, 6.45) is 3.17.